The van der Waals surface area contributed by atoms with Gasteiger partial charge in [-0.2, -0.15) is 0 Å². The van der Waals surface area contributed by atoms with Crippen LogP contribution in [0.25, 0.3) is 0 Å². The van der Waals surface area contributed by atoms with Gasteiger partial charge in [-0.05, 0) is 30.3 Å². The fourth-order valence-corrected chi connectivity index (χ4v) is 2.25. The Hall–Kier alpha value is -2.28. The van der Waals surface area contributed by atoms with Gasteiger partial charge in [0, 0.05) is 33.7 Å². The summed E-state index contributed by atoms with van der Waals surface area (Å²) in [4.78, 5) is 12.3. The first-order valence-corrected chi connectivity index (χ1v) is 7.82. The third-order valence-electron chi connectivity index (χ3n) is 2.70. The lowest BCUT2D eigenvalue weighted by atomic mass is 10.3. The molecule has 116 valence electrons. The highest BCUT2D eigenvalue weighted by Crippen LogP contribution is 2.18. The first kappa shape index (κ1) is 16.1. The molecular formula is C15H13F2NO3S. The number of carbonyl (C=O) groups is 1. The Morgan fingerprint density at radius 3 is 2.68 bits per heavy atom. The molecule has 0 saturated heterocycles. The Labute approximate surface area is 128 Å². The van der Waals surface area contributed by atoms with E-state index in [1.165, 1.54) is 6.26 Å². The van der Waals surface area contributed by atoms with E-state index in [-0.39, 0.29) is 5.75 Å². The van der Waals surface area contributed by atoms with Crippen molar-refractivity contribution in [3.05, 3.63) is 54.1 Å². The van der Waals surface area contributed by atoms with Crippen molar-refractivity contribution < 1.29 is 22.5 Å². The Bertz CT molecular complexity index is 722. The summed E-state index contributed by atoms with van der Waals surface area (Å²) in [7, 11) is -1.16. The number of halogens is 2. The van der Waals surface area contributed by atoms with Crippen molar-refractivity contribution in [2.24, 2.45) is 0 Å². The van der Waals surface area contributed by atoms with Crippen LogP contribution in [-0.2, 0) is 15.6 Å². The Balaban J connectivity index is 1.95. The minimum absolute atomic E-state index is 0.208. The lowest BCUT2D eigenvalue weighted by molar-refractivity contribution is -0.118. The summed E-state index contributed by atoms with van der Waals surface area (Å²) in [5.41, 5.74) is 0.459. The van der Waals surface area contributed by atoms with Crippen molar-refractivity contribution in [3.63, 3.8) is 0 Å². The fourth-order valence-electron chi connectivity index (χ4n) is 1.69. The lowest BCUT2D eigenvalue weighted by Crippen LogP contribution is -2.20. The van der Waals surface area contributed by atoms with Crippen LogP contribution in [-0.4, -0.2) is 23.0 Å². The molecule has 0 aliphatic heterocycles. The first-order valence-electron chi connectivity index (χ1n) is 6.27. The molecule has 0 spiro atoms. The quantitative estimate of drug-likeness (QED) is 0.919. The molecule has 4 nitrogen and oxygen atoms in total. The van der Waals surface area contributed by atoms with E-state index in [0.29, 0.717) is 16.6 Å². The number of hydrogen-bond acceptors (Lipinski definition) is 3. The second-order valence-corrected chi connectivity index (χ2v) is 5.77. The van der Waals surface area contributed by atoms with Gasteiger partial charge >= 0.3 is 0 Å². The molecule has 22 heavy (non-hydrogen) atoms. The van der Waals surface area contributed by atoms with Crippen molar-refractivity contribution in [2.45, 2.75) is 4.90 Å². The van der Waals surface area contributed by atoms with Crippen LogP contribution in [0.5, 0.6) is 5.75 Å². The number of rotatable bonds is 5. The molecule has 1 atom stereocenters. The third kappa shape index (κ3) is 4.36. The van der Waals surface area contributed by atoms with Crippen LogP contribution in [0.3, 0.4) is 0 Å². The zero-order valence-electron chi connectivity index (χ0n) is 11.6. The van der Waals surface area contributed by atoms with Gasteiger partial charge in [-0.3, -0.25) is 9.00 Å². The summed E-state index contributed by atoms with van der Waals surface area (Å²) >= 11 is 0. The number of benzene rings is 2. The van der Waals surface area contributed by atoms with E-state index >= 15 is 0 Å². The normalized spacial score (nSPS) is 11.8. The van der Waals surface area contributed by atoms with Crippen LogP contribution in [0, 0.1) is 11.6 Å². The minimum Gasteiger partial charge on any atom is -0.481 e. The Morgan fingerprint density at radius 2 is 2.00 bits per heavy atom. The lowest BCUT2D eigenvalue weighted by Gasteiger charge is -2.09. The summed E-state index contributed by atoms with van der Waals surface area (Å²) in [6.45, 7) is -0.429. The van der Waals surface area contributed by atoms with Crippen molar-refractivity contribution in [1.82, 2.24) is 0 Å². The van der Waals surface area contributed by atoms with Crippen LogP contribution in [0.2, 0.25) is 0 Å². The third-order valence-corrected chi connectivity index (χ3v) is 3.62. The van der Waals surface area contributed by atoms with Gasteiger partial charge in [-0.1, -0.05) is 6.07 Å². The summed E-state index contributed by atoms with van der Waals surface area (Å²) in [5.74, 6) is -2.32. The number of amides is 1. The molecule has 1 amide bonds. The van der Waals surface area contributed by atoms with Crippen molar-refractivity contribution >= 4 is 22.4 Å². The molecule has 0 radical (unpaired) electrons. The Morgan fingerprint density at radius 1 is 1.23 bits per heavy atom. The second-order valence-electron chi connectivity index (χ2n) is 4.39. The molecular weight excluding hydrogens is 312 g/mol. The standard InChI is InChI=1S/C15H13F2NO3S/c1-22(20)12-4-2-3-11(8-12)18-15(19)9-21-14-6-5-10(16)7-13(14)17/h2-8H,9H2,1H3,(H,18,19). The second kappa shape index (κ2) is 7.13. The van der Waals surface area contributed by atoms with Crippen LogP contribution in [0.1, 0.15) is 0 Å². The molecule has 0 saturated carbocycles. The molecule has 2 aromatic rings. The van der Waals surface area contributed by atoms with Crippen molar-refractivity contribution in [1.29, 1.82) is 0 Å². The number of hydrogen-bond donors (Lipinski definition) is 1. The smallest absolute Gasteiger partial charge is 0.262 e. The maximum atomic E-state index is 13.3. The molecule has 0 aliphatic carbocycles. The average molecular weight is 325 g/mol. The topological polar surface area (TPSA) is 55.4 Å². The van der Waals surface area contributed by atoms with E-state index in [0.717, 1.165) is 12.1 Å². The molecule has 0 aliphatic rings. The summed E-state index contributed by atoms with van der Waals surface area (Å²) < 4.78 is 42.4. The van der Waals surface area contributed by atoms with E-state index < -0.39 is 34.9 Å². The average Bonchev–Trinajstić information content (AvgIpc) is 2.46. The Kier molecular flexibility index (Phi) is 5.21. The summed E-state index contributed by atoms with van der Waals surface area (Å²) in [5, 5.41) is 2.54. The molecule has 0 fully saturated rings. The maximum absolute atomic E-state index is 13.3. The van der Waals surface area contributed by atoms with Gasteiger partial charge in [0.2, 0.25) is 0 Å². The molecule has 0 aromatic heterocycles. The summed E-state index contributed by atoms with van der Waals surface area (Å²) in [6.07, 6.45) is 1.53. The number of nitrogens with one attached hydrogen (secondary N) is 1. The summed E-state index contributed by atoms with van der Waals surface area (Å²) in [6, 6.07) is 9.37. The highest BCUT2D eigenvalue weighted by molar-refractivity contribution is 7.84. The molecule has 0 bridgehead atoms. The maximum Gasteiger partial charge on any atom is 0.262 e. The predicted molar refractivity (Wildman–Crippen MR) is 79.3 cm³/mol. The minimum atomic E-state index is -1.16. The highest BCUT2D eigenvalue weighted by Gasteiger charge is 2.09. The van der Waals surface area contributed by atoms with Gasteiger partial charge in [0.25, 0.3) is 5.91 Å². The van der Waals surface area contributed by atoms with Crippen LogP contribution in [0.15, 0.2) is 47.4 Å². The molecule has 2 rings (SSSR count). The van der Waals surface area contributed by atoms with E-state index in [4.69, 9.17) is 4.74 Å². The van der Waals surface area contributed by atoms with Crippen LogP contribution < -0.4 is 10.1 Å². The van der Waals surface area contributed by atoms with Gasteiger partial charge in [0.05, 0.1) is 0 Å². The molecule has 1 N–H and O–H groups in total. The number of ether oxygens (including phenoxy) is 1. The van der Waals surface area contributed by atoms with Crippen molar-refractivity contribution in [2.75, 3.05) is 18.2 Å². The number of carbonyl (C=O) groups excluding carboxylic acids is 1. The van der Waals surface area contributed by atoms with E-state index in [2.05, 4.69) is 5.32 Å². The largest absolute Gasteiger partial charge is 0.481 e. The zero-order valence-corrected chi connectivity index (χ0v) is 12.5. The fraction of sp³-hybridized carbons (Fsp3) is 0.133. The molecule has 0 heterocycles. The molecule has 7 heteroatoms. The van der Waals surface area contributed by atoms with Gasteiger partial charge < -0.3 is 10.1 Å². The number of anilines is 1. The molecule has 2 aromatic carbocycles. The van der Waals surface area contributed by atoms with Gasteiger partial charge in [0.1, 0.15) is 5.82 Å². The van der Waals surface area contributed by atoms with E-state index in [9.17, 15) is 17.8 Å². The molecule has 1 unspecified atom stereocenters. The SMILES string of the molecule is CS(=O)c1cccc(NC(=O)COc2ccc(F)cc2F)c1. The van der Waals surface area contributed by atoms with Crippen LogP contribution >= 0.6 is 0 Å². The highest BCUT2D eigenvalue weighted by atomic mass is 32.2. The van der Waals surface area contributed by atoms with Gasteiger partial charge in [-0.25, -0.2) is 8.78 Å². The van der Waals surface area contributed by atoms with Crippen LogP contribution in [0.4, 0.5) is 14.5 Å². The van der Waals surface area contributed by atoms with Crippen molar-refractivity contribution in [3.8, 4) is 5.75 Å². The van der Waals surface area contributed by atoms with E-state index in [1.54, 1.807) is 24.3 Å². The van der Waals surface area contributed by atoms with E-state index in [1.807, 2.05) is 0 Å². The monoisotopic (exact) mass is 325 g/mol. The van der Waals surface area contributed by atoms with Gasteiger partial charge in [-0.15, -0.1) is 0 Å². The first-order chi connectivity index (χ1) is 10.5. The zero-order chi connectivity index (χ0) is 16.1. The van der Waals surface area contributed by atoms with Gasteiger partial charge in [0.15, 0.2) is 18.2 Å². The predicted octanol–water partition coefficient (Wildman–Crippen LogP) is 2.72.